The van der Waals surface area contributed by atoms with Crippen LogP contribution in [-0.2, 0) is 11.2 Å². The minimum absolute atomic E-state index is 0.604. The number of rotatable bonds is 5. The smallest absolute Gasteiger partial charge is 0.132 e. The lowest BCUT2D eigenvalue weighted by Gasteiger charge is -2.40. The van der Waals surface area contributed by atoms with Crippen molar-refractivity contribution in [3.8, 4) is 16.5 Å². The van der Waals surface area contributed by atoms with Crippen LogP contribution in [0.15, 0.2) is 54.6 Å². The first-order valence-corrected chi connectivity index (χ1v) is 12.4. The second-order valence-electron chi connectivity index (χ2n) is 7.95. The van der Waals surface area contributed by atoms with E-state index in [1.54, 1.807) is 23.7 Å². The van der Waals surface area contributed by atoms with Crippen LogP contribution in [0.3, 0.4) is 0 Å². The van der Waals surface area contributed by atoms with Crippen molar-refractivity contribution < 1.29 is 20.1 Å². The number of benzene rings is 2. The zero-order valence-electron chi connectivity index (χ0n) is 17.8. The molecule has 1 aliphatic rings. The lowest BCUT2D eigenvalue weighted by molar-refractivity contribution is -0.200. The van der Waals surface area contributed by atoms with Gasteiger partial charge in [-0.1, -0.05) is 30.3 Å². The van der Waals surface area contributed by atoms with E-state index in [-0.39, 0.29) is 0 Å². The highest BCUT2D eigenvalue weighted by Crippen LogP contribution is 2.37. The number of hydrogen-bond acceptors (Lipinski definition) is 7. The standard InChI is InChI=1S/C25H25NO4S2/c1-14-6-7-17(24-22(28)21(27)23(29)25(30-24)31-2)11-18(14)12-19-8-9-20(32-19)16-5-3-4-15(10-16)13-26/h3-11,21-25,27-29H,12H2,1-2H3/t21-,22-,23+,24?,25-/m1/s1. The third-order valence-electron chi connectivity index (χ3n) is 5.81. The number of aliphatic hydroxyl groups is 3. The lowest BCUT2D eigenvalue weighted by atomic mass is 9.92. The van der Waals surface area contributed by atoms with Gasteiger partial charge in [-0.15, -0.1) is 23.1 Å². The summed E-state index contributed by atoms with van der Waals surface area (Å²) in [6.07, 6.45) is -1.79. The van der Waals surface area contributed by atoms with Crippen LogP contribution in [0, 0.1) is 18.3 Å². The summed E-state index contributed by atoms with van der Waals surface area (Å²) >= 11 is 3.00. The first kappa shape index (κ1) is 23.0. The number of thiophene rings is 1. The molecule has 1 fully saturated rings. The van der Waals surface area contributed by atoms with E-state index < -0.39 is 29.9 Å². The van der Waals surface area contributed by atoms with Crippen LogP contribution in [0.25, 0.3) is 10.4 Å². The summed E-state index contributed by atoms with van der Waals surface area (Å²) in [6.45, 7) is 2.05. The Morgan fingerprint density at radius 1 is 1.03 bits per heavy atom. The fourth-order valence-electron chi connectivity index (χ4n) is 3.93. The molecule has 0 radical (unpaired) electrons. The van der Waals surface area contributed by atoms with E-state index in [2.05, 4.69) is 18.2 Å². The summed E-state index contributed by atoms with van der Waals surface area (Å²) in [4.78, 5) is 2.29. The Kier molecular flexibility index (Phi) is 7.01. The average molecular weight is 468 g/mol. The van der Waals surface area contributed by atoms with Gasteiger partial charge in [0.1, 0.15) is 29.9 Å². The van der Waals surface area contributed by atoms with Crippen molar-refractivity contribution in [2.75, 3.05) is 6.26 Å². The van der Waals surface area contributed by atoms with E-state index in [0.29, 0.717) is 5.56 Å². The van der Waals surface area contributed by atoms with Crippen LogP contribution < -0.4 is 0 Å². The van der Waals surface area contributed by atoms with E-state index in [4.69, 9.17) is 10.00 Å². The van der Waals surface area contributed by atoms with E-state index in [1.807, 2.05) is 43.3 Å². The van der Waals surface area contributed by atoms with Crippen molar-refractivity contribution >= 4 is 23.1 Å². The SMILES string of the molecule is CS[C@H]1OC(c2ccc(C)c(Cc3ccc(-c4cccc(C#N)c4)s3)c2)[C@H](O)[C@@H](O)[C@@H]1O. The molecule has 7 heteroatoms. The van der Waals surface area contributed by atoms with Crippen molar-refractivity contribution in [2.45, 2.75) is 43.2 Å². The van der Waals surface area contributed by atoms with E-state index in [1.165, 1.54) is 16.6 Å². The summed E-state index contributed by atoms with van der Waals surface area (Å²) < 4.78 is 5.92. The second-order valence-corrected chi connectivity index (χ2v) is 10.1. The Morgan fingerprint density at radius 3 is 2.59 bits per heavy atom. The molecule has 0 aliphatic carbocycles. The number of ether oxygens (including phenoxy) is 1. The fourth-order valence-corrected chi connectivity index (χ4v) is 5.63. The zero-order valence-corrected chi connectivity index (χ0v) is 19.4. The van der Waals surface area contributed by atoms with Gasteiger partial charge in [0.15, 0.2) is 0 Å². The van der Waals surface area contributed by atoms with Crippen LogP contribution in [0.5, 0.6) is 0 Å². The van der Waals surface area contributed by atoms with Gasteiger partial charge in [-0.05, 0) is 59.7 Å². The molecule has 0 spiro atoms. The number of hydrogen-bond donors (Lipinski definition) is 3. The molecule has 1 aliphatic heterocycles. The molecule has 2 heterocycles. The normalized spacial score (nSPS) is 25.4. The quantitative estimate of drug-likeness (QED) is 0.525. The third kappa shape index (κ3) is 4.62. The van der Waals surface area contributed by atoms with Gasteiger partial charge in [0, 0.05) is 16.2 Å². The number of nitriles is 1. The predicted molar refractivity (Wildman–Crippen MR) is 128 cm³/mol. The van der Waals surface area contributed by atoms with Crippen molar-refractivity contribution in [3.63, 3.8) is 0 Å². The highest BCUT2D eigenvalue weighted by atomic mass is 32.2. The molecule has 4 rings (SSSR count). The van der Waals surface area contributed by atoms with Crippen LogP contribution >= 0.6 is 23.1 Å². The van der Waals surface area contributed by atoms with Gasteiger partial charge in [-0.3, -0.25) is 0 Å². The maximum atomic E-state index is 10.5. The Bertz CT molecular complexity index is 1140. The van der Waals surface area contributed by atoms with Gasteiger partial charge in [0.2, 0.25) is 0 Å². The van der Waals surface area contributed by atoms with Crippen molar-refractivity contribution in [1.29, 1.82) is 5.26 Å². The monoisotopic (exact) mass is 467 g/mol. The van der Waals surface area contributed by atoms with Gasteiger partial charge in [-0.2, -0.15) is 5.26 Å². The van der Waals surface area contributed by atoms with Crippen molar-refractivity contribution in [2.24, 2.45) is 0 Å². The molecular weight excluding hydrogens is 442 g/mol. The molecule has 5 nitrogen and oxygen atoms in total. The van der Waals surface area contributed by atoms with Crippen LogP contribution in [-0.4, -0.2) is 45.3 Å². The third-order valence-corrected chi connectivity index (χ3v) is 7.80. The largest absolute Gasteiger partial charge is 0.387 e. The Hall–Kier alpha value is -2.18. The molecule has 1 saturated heterocycles. The summed E-state index contributed by atoms with van der Waals surface area (Å²) in [5.74, 6) is 0. The maximum absolute atomic E-state index is 10.5. The molecule has 1 unspecified atom stereocenters. The number of thioether (sulfide) groups is 1. The average Bonchev–Trinajstić information content (AvgIpc) is 3.28. The maximum Gasteiger partial charge on any atom is 0.132 e. The van der Waals surface area contributed by atoms with Gasteiger partial charge in [0.05, 0.1) is 11.6 Å². The number of aliphatic hydroxyl groups excluding tert-OH is 3. The van der Waals surface area contributed by atoms with Gasteiger partial charge >= 0.3 is 0 Å². The fraction of sp³-hybridized carbons (Fsp3) is 0.320. The molecule has 0 amide bonds. The van der Waals surface area contributed by atoms with Crippen LogP contribution in [0.1, 0.15) is 33.2 Å². The first-order chi connectivity index (χ1) is 15.4. The lowest BCUT2D eigenvalue weighted by Crippen LogP contribution is -2.52. The van der Waals surface area contributed by atoms with Gasteiger partial charge in [-0.25, -0.2) is 0 Å². The van der Waals surface area contributed by atoms with Crippen molar-refractivity contribution in [3.05, 3.63) is 81.7 Å². The molecule has 3 N–H and O–H groups in total. The molecule has 32 heavy (non-hydrogen) atoms. The Labute approximate surface area is 195 Å². The highest BCUT2D eigenvalue weighted by Gasteiger charge is 2.44. The topological polar surface area (TPSA) is 93.7 Å². The predicted octanol–water partition coefficient (Wildman–Crippen LogP) is 4.03. The minimum Gasteiger partial charge on any atom is -0.387 e. The van der Waals surface area contributed by atoms with E-state index in [0.717, 1.165) is 33.6 Å². The molecule has 5 atom stereocenters. The highest BCUT2D eigenvalue weighted by molar-refractivity contribution is 7.99. The Balaban J connectivity index is 1.58. The minimum atomic E-state index is -1.26. The molecule has 166 valence electrons. The van der Waals surface area contributed by atoms with Gasteiger partial charge in [0.25, 0.3) is 0 Å². The molecule has 3 aromatic rings. The van der Waals surface area contributed by atoms with Crippen LogP contribution in [0.2, 0.25) is 0 Å². The molecule has 1 aromatic heterocycles. The van der Waals surface area contributed by atoms with Crippen molar-refractivity contribution in [1.82, 2.24) is 0 Å². The second kappa shape index (κ2) is 9.75. The summed E-state index contributed by atoms with van der Waals surface area (Å²) in [5, 5.41) is 40.1. The Morgan fingerprint density at radius 2 is 1.84 bits per heavy atom. The van der Waals surface area contributed by atoms with Crippen LogP contribution in [0.4, 0.5) is 0 Å². The molecule has 0 saturated carbocycles. The summed E-state index contributed by atoms with van der Waals surface area (Å²) in [6, 6.07) is 19.9. The summed E-state index contributed by atoms with van der Waals surface area (Å²) in [5.41, 5.74) is 4.08. The zero-order chi connectivity index (χ0) is 22.8. The first-order valence-electron chi connectivity index (χ1n) is 10.3. The van der Waals surface area contributed by atoms with E-state index >= 15 is 0 Å². The molecule has 2 aromatic carbocycles. The number of nitrogens with zero attached hydrogens (tertiary/aromatic N) is 1. The number of aryl methyl sites for hydroxylation is 1. The summed E-state index contributed by atoms with van der Waals surface area (Å²) in [7, 11) is 0. The van der Waals surface area contributed by atoms with E-state index in [9.17, 15) is 15.3 Å². The molecular formula is C25H25NO4S2. The molecule has 0 bridgehead atoms. The van der Waals surface area contributed by atoms with Gasteiger partial charge < -0.3 is 20.1 Å².